The van der Waals surface area contributed by atoms with Crippen LogP contribution in [-0.2, 0) is 22.4 Å². The zero-order chi connectivity index (χ0) is 31.5. The van der Waals surface area contributed by atoms with E-state index in [2.05, 4.69) is 12.2 Å². The molecule has 0 unspecified atom stereocenters. The van der Waals surface area contributed by atoms with Gasteiger partial charge >= 0.3 is 7.60 Å². The van der Waals surface area contributed by atoms with Crippen molar-refractivity contribution in [3.05, 3.63) is 63.6 Å². The van der Waals surface area contributed by atoms with E-state index in [0.717, 1.165) is 30.4 Å². The summed E-state index contributed by atoms with van der Waals surface area (Å²) in [5.41, 5.74) is 1.58. The molecule has 4 N–H and O–H groups in total. The number of rotatable bonds is 23. The highest BCUT2D eigenvalue weighted by atomic mass is 35.5. The molecule has 2 aromatic rings. The zero-order valence-electron chi connectivity index (χ0n) is 25.5. The van der Waals surface area contributed by atoms with E-state index in [1.807, 2.05) is 0 Å². The number of carbonyl (C=O) groups excluding carboxylic acids is 1. The summed E-state index contributed by atoms with van der Waals surface area (Å²) in [6.45, 7) is 2.50. The summed E-state index contributed by atoms with van der Waals surface area (Å²) in [5, 5.41) is 14.5. The van der Waals surface area contributed by atoms with Crippen molar-refractivity contribution in [2.45, 2.75) is 122 Å². The summed E-state index contributed by atoms with van der Waals surface area (Å²) >= 11 is 12.2. The molecule has 2 atom stereocenters. The summed E-state index contributed by atoms with van der Waals surface area (Å²) in [7, 11) is -4.47. The van der Waals surface area contributed by atoms with Crippen LogP contribution in [0.2, 0.25) is 10.0 Å². The average molecular weight is 659 g/mol. The Morgan fingerprint density at radius 3 is 1.95 bits per heavy atom. The molecule has 0 heterocycles. The van der Waals surface area contributed by atoms with Gasteiger partial charge in [0.2, 0.25) is 5.91 Å². The van der Waals surface area contributed by atoms with Gasteiger partial charge in [-0.05, 0) is 42.7 Å². The molecule has 0 aliphatic carbocycles. The molecular formula is C33H50Cl2NO6P. The van der Waals surface area contributed by atoms with Gasteiger partial charge in [0.25, 0.3) is 0 Å². The lowest BCUT2D eigenvalue weighted by molar-refractivity contribution is -0.122. The minimum atomic E-state index is -4.47. The predicted molar refractivity (Wildman–Crippen MR) is 176 cm³/mol. The maximum atomic E-state index is 12.7. The molecule has 7 nitrogen and oxygen atoms in total. The number of carbonyl (C=O) groups is 1. The van der Waals surface area contributed by atoms with Gasteiger partial charge in [0.1, 0.15) is 12.4 Å². The van der Waals surface area contributed by atoms with Crippen LogP contribution in [0.5, 0.6) is 5.75 Å². The second-order valence-electron chi connectivity index (χ2n) is 11.5. The van der Waals surface area contributed by atoms with Gasteiger partial charge in [0.15, 0.2) is 0 Å². The van der Waals surface area contributed by atoms with Crippen LogP contribution < -0.4 is 10.1 Å². The van der Waals surface area contributed by atoms with Crippen molar-refractivity contribution in [3.8, 4) is 5.75 Å². The Hall–Kier alpha value is -1.60. The lowest BCUT2D eigenvalue weighted by atomic mass is 10.0. The van der Waals surface area contributed by atoms with Gasteiger partial charge in [-0.3, -0.25) is 9.36 Å². The third kappa shape index (κ3) is 17.5. The Kier molecular flexibility index (Phi) is 18.5. The quantitative estimate of drug-likeness (QED) is 0.0702. The van der Waals surface area contributed by atoms with E-state index < -0.39 is 25.9 Å². The van der Waals surface area contributed by atoms with Crippen molar-refractivity contribution < 1.29 is 29.0 Å². The maximum absolute atomic E-state index is 12.7. The van der Waals surface area contributed by atoms with Gasteiger partial charge in [-0.1, -0.05) is 125 Å². The average Bonchev–Trinajstić information content (AvgIpc) is 2.94. The summed E-state index contributed by atoms with van der Waals surface area (Å²) in [6.07, 6.45) is 14.2. The van der Waals surface area contributed by atoms with Gasteiger partial charge in [0, 0.05) is 22.0 Å². The lowest BCUT2D eigenvalue weighted by Crippen LogP contribution is -2.46. The number of nitrogens with one attached hydrogen (secondary N) is 1. The summed E-state index contributed by atoms with van der Waals surface area (Å²) in [4.78, 5) is 31.5. The predicted octanol–water partition coefficient (Wildman–Crippen LogP) is 8.62. The van der Waals surface area contributed by atoms with E-state index >= 15 is 0 Å². The van der Waals surface area contributed by atoms with E-state index in [1.165, 1.54) is 64.2 Å². The van der Waals surface area contributed by atoms with E-state index in [-0.39, 0.29) is 18.9 Å². The van der Waals surface area contributed by atoms with Crippen LogP contribution in [0.1, 0.15) is 108 Å². The van der Waals surface area contributed by atoms with Crippen LogP contribution in [0, 0.1) is 0 Å². The Morgan fingerprint density at radius 1 is 0.860 bits per heavy atom. The van der Waals surface area contributed by atoms with Crippen LogP contribution in [0.25, 0.3) is 0 Å². The molecule has 0 radical (unpaired) electrons. The number of halogens is 2. The largest absolute Gasteiger partial charge is 0.489 e. The number of hydrogen-bond donors (Lipinski definition) is 4. The monoisotopic (exact) mass is 657 g/mol. The number of aliphatic hydroxyl groups excluding tert-OH is 1. The number of ether oxygens (including phenoxy) is 1. The molecule has 0 saturated carbocycles. The van der Waals surface area contributed by atoms with E-state index in [0.29, 0.717) is 22.2 Å². The van der Waals surface area contributed by atoms with Crippen molar-refractivity contribution >= 4 is 36.7 Å². The molecule has 0 bridgehead atoms. The number of hydrogen-bond acceptors (Lipinski definition) is 4. The molecule has 0 spiro atoms. The molecule has 0 saturated heterocycles. The molecule has 0 fully saturated rings. The first-order chi connectivity index (χ1) is 20.6. The van der Waals surface area contributed by atoms with Crippen molar-refractivity contribution in [2.24, 2.45) is 0 Å². The van der Waals surface area contributed by atoms with E-state index in [9.17, 15) is 24.3 Å². The third-order valence-electron chi connectivity index (χ3n) is 7.53. The fraction of sp³-hybridized carbons (Fsp3) is 0.606. The summed E-state index contributed by atoms with van der Waals surface area (Å²) < 4.78 is 17.4. The van der Waals surface area contributed by atoms with Gasteiger partial charge in [-0.15, -0.1) is 0 Å². The molecule has 43 heavy (non-hydrogen) atoms. The number of amides is 1. The Labute approximate surface area is 267 Å². The van der Waals surface area contributed by atoms with Gasteiger partial charge in [-0.25, -0.2) is 0 Å². The molecule has 2 aromatic carbocycles. The Balaban J connectivity index is 1.75. The normalized spacial score (nSPS) is 13.1. The highest BCUT2D eigenvalue weighted by molar-refractivity contribution is 7.51. The van der Waals surface area contributed by atoms with Gasteiger partial charge in [0.05, 0.1) is 18.3 Å². The highest BCUT2D eigenvalue weighted by Crippen LogP contribution is 2.36. The molecule has 2 rings (SSSR count). The van der Waals surface area contributed by atoms with Crippen molar-refractivity contribution in [1.82, 2.24) is 5.32 Å². The smallest absolute Gasteiger partial charge is 0.328 e. The number of benzene rings is 2. The second kappa shape index (κ2) is 21.2. The van der Waals surface area contributed by atoms with Crippen molar-refractivity contribution in [3.63, 3.8) is 0 Å². The molecule has 0 aliphatic heterocycles. The Bertz CT molecular complexity index is 1110. The van der Waals surface area contributed by atoms with E-state index in [1.54, 1.807) is 42.5 Å². The first kappa shape index (κ1) is 37.6. The minimum absolute atomic E-state index is 0.217. The first-order valence-electron chi connectivity index (χ1n) is 15.7. The van der Waals surface area contributed by atoms with E-state index in [4.69, 9.17) is 27.9 Å². The summed E-state index contributed by atoms with van der Waals surface area (Å²) in [6, 6.07) is 11.5. The number of unbranched alkanes of at least 4 members (excludes halogenated alkanes) is 12. The van der Waals surface area contributed by atoms with Crippen LogP contribution >= 0.6 is 30.8 Å². The van der Waals surface area contributed by atoms with Gasteiger partial charge in [-0.2, -0.15) is 0 Å². The van der Waals surface area contributed by atoms with Crippen LogP contribution in [-0.4, -0.2) is 39.1 Å². The van der Waals surface area contributed by atoms with Gasteiger partial charge < -0.3 is 24.9 Å². The zero-order valence-corrected chi connectivity index (χ0v) is 27.9. The van der Waals surface area contributed by atoms with Crippen molar-refractivity contribution in [1.29, 1.82) is 0 Å². The maximum Gasteiger partial charge on any atom is 0.328 e. The molecule has 10 heteroatoms. The standard InChI is InChI=1S/C33H50Cl2NO6P/c1-2-3-4-5-6-7-8-9-10-11-12-13-14-15-33(38)36-31(32(37)25-43(39,40)41)22-26-16-20-29(21-17-26)42-24-27-18-19-28(34)23-30(27)35/h16-21,23,31-32,37H,2-15,22,24-25H2,1H3,(H,36,38)(H2,39,40,41)/t31-,32-/m0/s1. The minimum Gasteiger partial charge on any atom is -0.489 e. The fourth-order valence-corrected chi connectivity index (χ4v) is 6.22. The van der Waals surface area contributed by atoms with Crippen LogP contribution in [0.15, 0.2) is 42.5 Å². The number of aliphatic hydroxyl groups is 1. The molecule has 242 valence electrons. The summed E-state index contributed by atoms with van der Waals surface area (Å²) in [5.74, 6) is 0.381. The fourth-order valence-electron chi connectivity index (χ4n) is 5.01. The second-order valence-corrected chi connectivity index (χ2v) is 14.0. The molecule has 0 aliphatic rings. The topological polar surface area (TPSA) is 116 Å². The molecule has 1 amide bonds. The molecular weight excluding hydrogens is 608 g/mol. The van der Waals surface area contributed by atoms with Crippen molar-refractivity contribution in [2.75, 3.05) is 6.16 Å². The van der Waals surface area contributed by atoms with Crippen LogP contribution in [0.3, 0.4) is 0 Å². The SMILES string of the molecule is CCCCCCCCCCCCCCCC(=O)N[C@@H](Cc1ccc(OCc2ccc(Cl)cc2Cl)cc1)[C@@H](O)CP(=O)(O)O. The first-order valence-corrected chi connectivity index (χ1v) is 18.3. The van der Waals surface area contributed by atoms with Crippen LogP contribution in [0.4, 0.5) is 0 Å². The Morgan fingerprint density at radius 2 is 1.42 bits per heavy atom. The molecule has 0 aromatic heterocycles. The third-order valence-corrected chi connectivity index (χ3v) is 8.97. The highest BCUT2D eigenvalue weighted by Gasteiger charge is 2.28. The lowest BCUT2D eigenvalue weighted by Gasteiger charge is -2.25.